The van der Waals surface area contributed by atoms with Crippen LogP contribution in [0.15, 0.2) is 36.7 Å². The summed E-state index contributed by atoms with van der Waals surface area (Å²) in [5.74, 6) is 0. The molecule has 1 fully saturated rings. The van der Waals surface area contributed by atoms with E-state index in [1.807, 2.05) is 31.3 Å². The summed E-state index contributed by atoms with van der Waals surface area (Å²) in [6.45, 7) is 4.19. The monoisotopic (exact) mass is 245 g/mol. The quantitative estimate of drug-likeness (QED) is 0.827. The van der Waals surface area contributed by atoms with E-state index >= 15 is 0 Å². The maximum absolute atomic E-state index is 10.9. The summed E-state index contributed by atoms with van der Waals surface area (Å²) in [6, 6.07) is 4.07. The van der Waals surface area contributed by atoms with E-state index in [-0.39, 0.29) is 5.41 Å². The SMILES string of the molecule is CC=C[C@@]1(O)CCCC[C@@]1(C)Cc1cccnc1. The second kappa shape index (κ2) is 5.23. The first-order chi connectivity index (χ1) is 8.60. The molecular formula is C16H23NO. The number of hydrogen-bond acceptors (Lipinski definition) is 2. The van der Waals surface area contributed by atoms with Crippen molar-refractivity contribution < 1.29 is 5.11 Å². The Kier molecular flexibility index (Phi) is 3.86. The maximum atomic E-state index is 10.9. The van der Waals surface area contributed by atoms with Gasteiger partial charge in [-0.15, -0.1) is 0 Å². The standard InChI is InChI=1S/C16H23NO/c1-3-8-16(18)10-5-4-9-15(16,2)12-14-7-6-11-17-13-14/h3,6-8,11,13,18H,4-5,9-10,12H2,1-2H3/t15-,16+/m0/s1. The number of rotatable bonds is 3. The van der Waals surface area contributed by atoms with Gasteiger partial charge >= 0.3 is 0 Å². The fourth-order valence-corrected chi connectivity index (χ4v) is 3.18. The highest BCUT2D eigenvalue weighted by Crippen LogP contribution is 2.47. The smallest absolute Gasteiger partial charge is 0.0884 e. The molecule has 98 valence electrons. The lowest BCUT2D eigenvalue weighted by Crippen LogP contribution is -2.48. The Labute approximate surface area is 110 Å². The van der Waals surface area contributed by atoms with Gasteiger partial charge in [0.05, 0.1) is 5.60 Å². The predicted octanol–water partition coefficient (Wildman–Crippen LogP) is 3.51. The largest absolute Gasteiger partial charge is 0.385 e. The van der Waals surface area contributed by atoms with Crippen LogP contribution >= 0.6 is 0 Å². The van der Waals surface area contributed by atoms with Gasteiger partial charge in [0.15, 0.2) is 0 Å². The number of hydrogen-bond donors (Lipinski definition) is 1. The lowest BCUT2D eigenvalue weighted by Gasteiger charge is -2.47. The van der Waals surface area contributed by atoms with Crippen LogP contribution in [0.5, 0.6) is 0 Å². The van der Waals surface area contributed by atoms with Crippen molar-refractivity contribution in [2.45, 2.75) is 51.6 Å². The van der Waals surface area contributed by atoms with Crippen molar-refractivity contribution in [2.24, 2.45) is 5.41 Å². The molecule has 2 heteroatoms. The minimum Gasteiger partial charge on any atom is -0.385 e. The fraction of sp³-hybridized carbons (Fsp3) is 0.562. The molecule has 0 unspecified atom stereocenters. The Balaban J connectivity index is 2.26. The summed E-state index contributed by atoms with van der Waals surface area (Å²) < 4.78 is 0. The summed E-state index contributed by atoms with van der Waals surface area (Å²) in [6.07, 6.45) is 12.8. The van der Waals surface area contributed by atoms with Gasteiger partial charge in [0.25, 0.3) is 0 Å². The van der Waals surface area contributed by atoms with Crippen molar-refractivity contribution in [2.75, 3.05) is 0 Å². The number of aromatic nitrogens is 1. The highest BCUT2D eigenvalue weighted by atomic mass is 16.3. The first kappa shape index (κ1) is 13.3. The van der Waals surface area contributed by atoms with Crippen LogP contribution in [0.4, 0.5) is 0 Å². The number of nitrogens with zero attached hydrogens (tertiary/aromatic N) is 1. The van der Waals surface area contributed by atoms with Crippen LogP contribution in [0, 0.1) is 5.41 Å². The van der Waals surface area contributed by atoms with Crippen LogP contribution in [0.2, 0.25) is 0 Å². The minimum atomic E-state index is -0.671. The third-order valence-corrected chi connectivity index (χ3v) is 4.34. The van der Waals surface area contributed by atoms with E-state index in [2.05, 4.69) is 18.0 Å². The highest BCUT2D eigenvalue weighted by Gasteiger charge is 2.46. The van der Waals surface area contributed by atoms with E-state index in [0.29, 0.717) is 0 Å². The first-order valence-electron chi connectivity index (χ1n) is 6.85. The van der Waals surface area contributed by atoms with Crippen molar-refractivity contribution in [3.05, 3.63) is 42.2 Å². The molecule has 18 heavy (non-hydrogen) atoms. The zero-order valence-corrected chi connectivity index (χ0v) is 11.4. The topological polar surface area (TPSA) is 33.1 Å². The molecule has 2 nitrogen and oxygen atoms in total. The molecule has 1 heterocycles. The second-order valence-corrected chi connectivity index (χ2v) is 5.73. The van der Waals surface area contributed by atoms with E-state index in [4.69, 9.17) is 0 Å². The van der Waals surface area contributed by atoms with Gasteiger partial charge in [-0.3, -0.25) is 4.98 Å². The first-order valence-corrected chi connectivity index (χ1v) is 6.85. The molecule has 2 atom stereocenters. The van der Waals surface area contributed by atoms with Gasteiger partial charge in [-0.05, 0) is 37.8 Å². The van der Waals surface area contributed by atoms with E-state index in [9.17, 15) is 5.11 Å². The summed E-state index contributed by atoms with van der Waals surface area (Å²) in [5, 5.41) is 10.9. The van der Waals surface area contributed by atoms with Crippen LogP contribution in [-0.2, 0) is 6.42 Å². The predicted molar refractivity (Wildman–Crippen MR) is 74.3 cm³/mol. The summed E-state index contributed by atoms with van der Waals surface area (Å²) in [4.78, 5) is 4.18. The average molecular weight is 245 g/mol. The molecule has 1 aliphatic rings. The zero-order valence-electron chi connectivity index (χ0n) is 11.4. The Morgan fingerprint density at radius 3 is 2.83 bits per heavy atom. The molecule has 1 N–H and O–H groups in total. The normalized spacial score (nSPS) is 32.8. The molecule has 0 amide bonds. The molecule has 0 spiro atoms. The molecule has 0 aromatic carbocycles. The minimum absolute atomic E-state index is 0.0825. The fourth-order valence-electron chi connectivity index (χ4n) is 3.18. The second-order valence-electron chi connectivity index (χ2n) is 5.73. The lowest BCUT2D eigenvalue weighted by atomic mass is 9.61. The summed E-state index contributed by atoms with van der Waals surface area (Å²) >= 11 is 0. The third kappa shape index (κ3) is 2.49. The van der Waals surface area contributed by atoms with Crippen molar-refractivity contribution in [1.29, 1.82) is 0 Å². The molecule has 0 aliphatic heterocycles. The number of allylic oxidation sites excluding steroid dienone is 1. The van der Waals surface area contributed by atoms with E-state index < -0.39 is 5.60 Å². The van der Waals surface area contributed by atoms with E-state index in [1.165, 1.54) is 12.0 Å². The van der Waals surface area contributed by atoms with Crippen LogP contribution < -0.4 is 0 Å². The Hall–Kier alpha value is -1.15. The molecule has 0 saturated heterocycles. The molecule has 1 aliphatic carbocycles. The van der Waals surface area contributed by atoms with Gasteiger partial charge in [0.1, 0.15) is 0 Å². The highest BCUT2D eigenvalue weighted by molar-refractivity contribution is 5.18. The van der Waals surface area contributed by atoms with Crippen LogP contribution in [-0.4, -0.2) is 15.7 Å². The average Bonchev–Trinajstić information content (AvgIpc) is 2.35. The molecular weight excluding hydrogens is 222 g/mol. The Bertz CT molecular complexity index is 414. The van der Waals surface area contributed by atoms with Gasteiger partial charge in [-0.2, -0.15) is 0 Å². The van der Waals surface area contributed by atoms with Crippen LogP contribution in [0.1, 0.15) is 45.1 Å². The van der Waals surface area contributed by atoms with E-state index in [1.54, 1.807) is 6.20 Å². The van der Waals surface area contributed by atoms with Crippen molar-refractivity contribution >= 4 is 0 Å². The molecule has 1 aromatic heterocycles. The maximum Gasteiger partial charge on any atom is 0.0884 e. The molecule has 1 saturated carbocycles. The van der Waals surface area contributed by atoms with Crippen molar-refractivity contribution in [3.63, 3.8) is 0 Å². The van der Waals surface area contributed by atoms with Gasteiger partial charge in [0.2, 0.25) is 0 Å². The van der Waals surface area contributed by atoms with Crippen LogP contribution in [0.3, 0.4) is 0 Å². The Morgan fingerprint density at radius 1 is 1.39 bits per heavy atom. The molecule has 0 radical (unpaired) electrons. The van der Waals surface area contributed by atoms with Crippen LogP contribution in [0.25, 0.3) is 0 Å². The summed E-state index contributed by atoms with van der Waals surface area (Å²) in [7, 11) is 0. The third-order valence-electron chi connectivity index (χ3n) is 4.34. The zero-order chi connectivity index (χ0) is 13.1. The molecule has 2 rings (SSSR count). The number of pyridine rings is 1. The summed E-state index contributed by atoms with van der Waals surface area (Å²) in [5.41, 5.74) is 0.459. The van der Waals surface area contributed by atoms with Gasteiger partial charge < -0.3 is 5.11 Å². The van der Waals surface area contributed by atoms with Crippen molar-refractivity contribution in [3.8, 4) is 0 Å². The molecule has 0 bridgehead atoms. The van der Waals surface area contributed by atoms with Gasteiger partial charge in [-0.1, -0.05) is 38.0 Å². The van der Waals surface area contributed by atoms with Crippen molar-refractivity contribution in [1.82, 2.24) is 4.98 Å². The molecule has 1 aromatic rings. The van der Waals surface area contributed by atoms with E-state index in [0.717, 1.165) is 25.7 Å². The lowest BCUT2D eigenvalue weighted by molar-refractivity contribution is -0.0671. The Morgan fingerprint density at radius 2 is 2.17 bits per heavy atom. The van der Waals surface area contributed by atoms with Gasteiger partial charge in [0, 0.05) is 17.8 Å². The van der Waals surface area contributed by atoms with Gasteiger partial charge in [-0.25, -0.2) is 0 Å². The number of aliphatic hydroxyl groups is 1.